The normalized spacial score (nSPS) is 14.9. The molecule has 5 unspecified atom stereocenters. The molecule has 0 aromatic heterocycles. The second kappa shape index (κ2) is 77.5. The molecule has 0 amide bonds. The highest BCUT2D eigenvalue weighted by Crippen LogP contribution is 2.22. The van der Waals surface area contributed by atoms with E-state index < -0.39 is 0 Å². The van der Waals surface area contributed by atoms with Gasteiger partial charge in [-0.05, 0) is 78.3 Å². The Morgan fingerprint density at radius 1 is 0.418 bits per heavy atom. The summed E-state index contributed by atoms with van der Waals surface area (Å²) in [7, 11) is 6.14. The number of esters is 1. The first-order chi connectivity index (χ1) is 44.1. The van der Waals surface area contributed by atoms with Gasteiger partial charge < -0.3 is 109 Å². The lowest BCUT2D eigenvalue weighted by atomic mass is 9.92. The van der Waals surface area contributed by atoms with Crippen molar-refractivity contribution in [3.63, 3.8) is 0 Å². The van der Waals surface area contributed by atoms with E-state index in [1.54, 1.807) is 0 Å². The van der Waals surface area contributed by atoms with Gasteiger partial charge >= 0.3 is 5.97 Å². The molecule has 1 heterocycles. The van der Waals surface area contributed by atoms with E-state index in [2.05, 4.69) is 124 Å². The number of hydrogen-bond acceptors (Lipinski definition) is 26. The van der Waals surface area contributed by atoms with Gasteiger partial charge in [0.1, 0.15) is 6.61 Å². The number of ether oxygens (including phenoxy) is 1. The maximum Gasteiger partial charge on any atom is 0.308 e. The van der Waals surface area contributed by atoms with Crippen molar-refractivity contribution >= 4 is 5.97 Å². The van der Waals surface area contributed by atoms with E-state index in [1.807, 2.05) is 34.9 Å². The molecule has 26 heteroatoms. The maximum absolute atomic E-state index is 10.9. The van der Waals surface area contributed by atoms with E-state index in [0.29, 0.717) is 57.8 Å². The van der Waals surface area contributed by atoms with Crippen LogP contribution in [0.3, 0.4) is 0 Å². The molecular formula is C65H160N24O2. The smallest absolute Gasteiger partial charge is 0.308 e. The van der Waals surface area contributed by atoms with Crippen LogP contribution in [0.1, 0.15) is 87.5 Å². The van der Waals surface area contributed by atoms with Crippen LogP contribution in [0.25, 0.3) is 0 Å². The molecule has 0 aromatic rings. The van der Waals surface area contributed by atoms with Crippen LogP contribution in [0, 0.1) is 23.7 Å². The number of hydrogen-bond donors (Lipinski definition) is 18. The van der Waals surface area contributed by atoms with Crippen molar-refractivity contribution in [2.24, 2.45) is 69.5 Å². The fourth-order valence-electron chi connectivity index (χ4n) is 9.27. The average molecular weight is 1310 g/mol. The van der Waals surface area contributed by atoms with Crippen molar-refractivity contribution in [3.8, 4) is 0 Å². The summed E-state index contributed by atoms with van der Waals surface area (Å²) in [6, 6.07) is 0.384. The van der Waals surface area contributed by atoms with Gasteiger partial charge in [-0.2, -0.15) is 0 Å². The molecule has 26 nitrogen and oxygen atoms in total. The monoisotopic (exact) mass is 1310 g/mol. The van der Waals surface area contributed by atoms with Crippen LogP contribution in [0.5, 0.6) is 0 Å². The SMILES string of the molecule is CCC(C)C(=O)OCCN.CCC(C)CN.CCC(C)N.CCC1CNCC1CC.CNCCNCCN(CCN)CCNCCN(CCNCCN(C)CCN)CCNCCN(CCNCCN(CCN)CCN)CCNCCN(CCNC)CCNCCN. The Kier molecular flexibility index (Phi) is 81.7. The van der Waals surface area contributed by atoms with E-state index in [4.69, 9.17) is 50.6 Å². The molecule has 1 fully saturated rings. The summed E-state index contributed by atoms with van der Waals surface area (Å²) >= 11 is 0. The Hall–Kier alpha value is -1.49. The summed E-state index contributed by atoms with van der Waals surface area (Å²) in [5, 5.41) is 35.4. The van der Waals surface area contributed by atoms with Crippen molar-refractivity contribution in [1.29, 1.82) is 0 Å². The lowest BCUT2D eigenvalue weighted by Crippen LogP contribution is -2.45. The minimum absolute atomic E-state index is 0.00606. The molecular weight excluding hydrogens is 1150 g/mol. The lowest BCUT2D eigenvalue weighted by Gasteiger charge is -2.26. The molecule has 0 spiro atoms. The van der Waals surface area contributed by atoms with Gasteiger partial charge in [0.05, 0.1) is 5.92 Å². The minimum Gasteiger partial charge on any atom is -0.464 e. The molecule has 0 radical (unpaired) electrons. The van der Waals surface area contributed by atoms with Crippen molar-refractivity contribution in [1.82, 2.24) is 82.6 Å². The number of rotatable bonds is 61. The summed E-state index contributed by atoms with van der Waals surface area (Å²) in [6.07, 6.45) is 5.82. The molecule has 91 heavy (non-hydrogen) atoms. The highest BCUT2D eigenvalue weighted by Gasteiger charge is 2.23. The molecule has 1 rings (SSSR count). The molecule has 0 aliphatic carbocycles. The Bertz CT molecular complexity index is 1360. The van der Waals surface area contributed by atoms with Crippen LogP contribution in [0.2, 0.25) is 0 Å². The van der Waals surface area contributed by atoms with Gasteiger partial charge in [-0.1, -0.05) is 67.7 Å². The van der Waals surface area contributed by atoms with Gasteiger partial charge in [-0.3, -0.25) is 29.3 Å². The Labute approximate surface area is 561 Å². The van der Waals surface area contributed by atoms with Gasteiger partial charge in [0, 0.05) is 261 Å². The number of carbonyl (C=O) groups excluding carboxylic acids is 1. The third-order valence-electron chi connectivity index (χ3n) is 16.4. The van der Waals surface area contributed by atoms with Crippen molar-refractivity contribution < 1.29 is 9.53 Å². The zero-order valence-electron chi connectivity index (χ0n) is 61.4. The maximum atomic E-state index is 10.9. The van der Waals surface area contributed by atoms with Crippen LogP contribution < -0.4 is 99.0 Å². The molecule has 26 N–H and O–H groups in total. The topological polar surface area (TPSA) is 374 Å². The molecule has 1 saturated heterocycles. The largest absolute Gasteiger partial charge is 0.464 e. The van der Waals surface area contributed by atoms with E-state index in [9.17, 15) is 4.79 Å². The van der Waals surface area contributed by atoms with Crippen LogP contribution in [0.15, 0.2) is 0 Å². The second-order valence-corrected chi connectivity index (χ2v) is 24.3. The molecule has 1 aliphatic rings. The fraction of sp³-hybridized carbons (Fsp3) is 0.985. The first kappa shape index (κ1) is 95.9. The second-order valence-electron chi connectivity index (χ2n) is 24.3. The highest BCUT2D eigenvalue weighted by atomic mass is 16.5. The van der Waals surface area contributed by atoms with Crippen LogP contribution in [-0.2, 0) is 9.53 Å². The first-order valence-corrected chi connectivity index (χ1v) is 36.2. The van der Waals surface area contributed by atoms with Crippen LogP contribution >= 0.6 is 0 Å². The van der Waals surface area contributed by atoms with E-state index in [-0.39, 0.29) is 11.9 Å². The Morgan fingerprint density at radius 3 is 1.01 bits per heavy atom. The summed E-state index contributed by atoms with van der Waals surface area (Å²) in [5.41, 5.74) is 44.7. The van der Waals surface area contributed by atoms with Gasteiger partial charge in [0.2, 0.25) is 0 Å². The molecule has 552 valence electrons. The third-order valence-corrected chi connectivity index (χ3v) is 16.4. The average Bonchev–Trinajstić information content (AvgIpc) is 3.30. The lowest BCUT2D eigenvalue weighted by molar-refractivity contribution is -0.147. The quantitative estimate of drug-likeness (QED) is 0.0209. The first-order valence-electron chi connectivity index (χ1n) is 36.2. The molecule has 0 bridgehead atoms. The third kappa shape index (κ3) is 69.7. The number of carbonyl (C=O) groups is 1. The van der Waals surface area contributed by atoms with Gasteiger partial charge in [-0.25, -0.2) is 0 Å². The van der Waals surface area contributed by atoms with Gasteiger partial charge in [0.15, 0.2) is 0 Å². The zero-order valence-corrected chi connectivity index (χ0v) is 61.4. The molecule has 0 saturated carbocycles. The molecule has 5 atom stereocenters. The van der Waals surface area contributed by atoms with Crippen molar-refractivity contribution in [2.75, 3.05) is 303 Å². The Balaban J connectivity index is -0.00000101. The summed E-state index contributed by atoms with van der Waals surface area (Å²) in [5.74, 6) is 2.51. The number of likely N-dealkylation sites (N-methyl/N-ethyl adjacent to an activating group) is 3. The van der Waals surface area contributed by atoms with E-state index in [0.717, 1.165) is 247 Å². The molecule has 0 aromatic carbocycles. The Morgan fingerprint density at radius 2 is 0.736 bits per heavy atom. The van der Waals surface area contributed by atoms with Gasteiger partial charge in [-0.15, -0.1) is 0 Å². The predicted octanol–water partition coefficient (Wildman–Crippen LogP) is -3.30. The van der Waals surface area contributed by atoms with E-state index in [1.165, 1.54) is 32.4 Å². The zero-order chi connectivity index (χ0) is 68.6. The summed E-state index contributed by atoms with van der Waals surface area (Å²) in [6.45, 7) is 56.5. The molecule has 1 aliphatic heterocycles. The summed E-state index contributed by atoms with van der Waals surface area (Å²) < 4.78 is 4.78. The van der Waals surface area contributed by atoms with Crippen molar-refractivity contribution in [3.05, 3.63) is 0 Å². The predicted molar refractivity (Wildman–Crippen MR) is 395 cm³/mol. The van der Waals surface area contributed by atoms with Gasteiger partial charge in [0.25, 0.3) is 0 Å². The summed E-state index contributed by atoms with van der Waals surface area (Å²) in [4.78, 5) is 25.6. The fourth-order valence-corrected chi connectivity index (χ4v) is 9.27. The number of nitrogens with zero attached hydrogens (tertiary/aromatic N) is 6. The van der Waals surface area contributed by atoms with E-state index >= 15 is 0 Å². The number of nitrogens with one attached hydrogen (secondary N) is 10. The highest BCUT2D eigenvalue weighted by molar-refractivity contribution is 5.71. The van der Waals surface area contributed by atoms with Crippen LogP contribution in [-0.4, -0.2) is 344 Å². The van der Waals surface area contributed by atoms with Crippen molar-refractivity contribution in [2.45, 2.75) is 93.5 Å². The van der Waals surface area contributed by atoms with Crippen LogP contribution in [0.4, 0.5) is 0 Å². The number of nitrogens with two attached hydrogens (primary N) is 8. The standard InChI is InChI=1S/C41H104N20.C8H17N.C7H15NO2.C5H13N.C4H11N/c1-47-10-11-50-15-32-58(28-8-46)33-17-53-21-38-60(36-18-51-13-29-56(3)25-5-43)39-23-55-24-41-61(37-20-52-16-31-57(26-6-44)27-7-45)40-22-54-19-35-59(30-12-48-2)34-14-49-9-4-42;1-3-7-5-9-6-8(7)4-2;1-3-6(2)7(9)10-5-4-8;1-3-5(2)4-6;1-3-4(2)5/h47-55H,4-46H2,1-3H3;7-9H,3-6H2,1-2H3;6H,3-5,8H2,1-2H3;5H,3-4,6H2,1-2H3;4H,3,5H2,1-2H3. The minimum atomic E-state index is -0.145.